The van der Waals surface area contributed by atoms with Crippen molar-refractivity contribution in [3.05, 3.63) is 89.7 Å². The third-order valence-corrected chi connectivity index (χ3v) is 4.63. The first-order valence-corrected chi connectivity index (χ1v) is 9.60. The summed E-state index contributed by atoms with van der Waals surface area (Å²) in [6, 6.07) is 14.3. The third kappa shape index (κ3) is 6.01. The van der Waals surface area contributed by atoms with Gasteiger partial charge in [0.2, 0.25) is 0 Å². The number of hydrogen-bond donors (Lipinski definition) is 0. The zero-order chi connectivity index (χ0) is 18.9. The van der Waals surface area contributed by atoms with Gasteiger partial charge in [-0.2, -0.15) is 10.2 Å². The van der Waals surface area contributed by atoms with Gasteiger partial charge >= 0.3 is 0 Å². The number of fused-ring (bicyclic) bond motifs is 1. The van der Waals surface area contributed by atoms with Crippen LogP contribution in [0.2, 0.25) is 0 Å². The van der Waals surface area contributed by atoms with Crippen molar-refractivity contribution in [3.63, 3.8) is 0 Å². The molecule has 0 atom stereocenters. The Labute approximate surface area is 168 Å². The quantitative estimate of drug-likeness (QED) is 0.453. The molecule has 0 N–H and O–H groups in total. The highest BCUT2D eigenvalue weighted by Crippen LogP contribution is 2.19. The van der Waals surface area contributed by atoms with E-state index >= 15 is 0 Å². The number of hydrogen-bond acceptors (Lipinski definition) is 4. The second-order valence-electron chi connectivity index (χ2n) is 6.17. The largest absolute Gasteiger partial charge is 0.490 e. The average Bonchev–Trinajstić information content (AvgIpc) is 2.69. The monoisotopic (exact) mass is 423 g/mol. The first-order valence-electron chi connectivity index (χ1n) is 8.80. The lowest BCUT2D eigenvalue weighted by Gasteiger charge is -2.19. The molecule has 0 fully saturated rings. The number of benzene rings is 2. The van der Waals surface area contributed by atoms with E-state index in [2.05, 4.69) is 67.9 Å². The minimum Gasteiger partial charge on any atom is -0.490 e. The van der Waals surface area contributed by atoms with Crippen molar-refractivity contribution < 1.29 is 4.74 Å². The molecule has 27 heavy (non-hydrogen) atoms. The molecule has 1 aromatic heterocycles. The number of ether oxygens (including phenoxy) is 1. The van der Waals surface area contributed by atoms with Gasteiger partial charge in [0.1, 0.15) is 12.4 Å². The summed E-state index contributed by atoms with van der Waals surface area (Å²) in [5.74, 6) is 0.831. The Balaban J connectivity index is 1.49. The summed E-state index contributed by atoms with van der Waals surface area (Å²) in [5.41, 5.74) is 1.28. The zero-order valence-electron chi connectivity index (χ0n) is 15.1. The molecule has 138 valence electrons. The topological polar surface area (TPSA) is 38.2 Å². The van der Waals surface area contributed by atoms with Crippen molar-refractivity contribution in [2.45, 2.75) is 6.54 Å². The van der Waals surface area contributed by atoms with Gasteiger partial charge in [0.05, 0.1) is 12.4 Å². The zero-order valence-corrected chi connectivity index (χ0v) is 16.7. The molecule has 5 heteroatoms. The van der Waals surface area contributed by atoms with E-state index in [4.69, 9.17) is 4.74 Å². The lowest BCUT2D eigenvalue weighted by molar-refractivity contribution is 0.325. The van der Waals surface area contributed by atoms with Gasteiger partial charge in [0, 0.05) is 34.9 Å². The van der Waals surface area contributed by atoms with Crippen LogP contribution < -0.4 is 4.74 Å². The maximum Gasteiger partial charge on any atom is 0.120 e. The van der Waals surface area contributed by atoms with Crippen LogP contribution in [0.3, 0.4) is 0 Å². The van der Waals surface area contributed by atoms with Gasteiger partial charge in [-0.05, 0) is 35.9 Å². The number of aromatic nitrogens is 2. The van der Waals surface area contributed by atoms with Crippen LogP contribution in [0, 0.1) is 0 Å². The molecule has 0 aliphatic heterocycles. The second-order valence-corrected chi connectivity index (χ2v) is 7.09. The van der Waals surface area contributed by atoms with Gasteiger partial charge < -0.3 is 4.74 Å². The predicted molar refractivity (Wildman–Crippen MR) is 114 cm³/mol. The van der Waals surface area contributed by atoms with Gasteiger partial charge in [-0.15, -0.1) is 6.58 Å². The van der Waals surface area contributed by atoms with Crippen LogP contribution in [0.25, 0.3) is 10.8 Å². The van der Waals surface area contributed by atoms with E-state index in [-0.39, 0.29) is 0 Å². The van der Waals surface area contributed by atoms with E-state index in [1.165, 1.54) is 5.56 Å². The maximum atomic E-state index is 5.81. The van der Waals surface area contributed by atoms with E-state index in [1.54, 1.807) is 12.4 Å². The van der Waals surface area contributed by atoms with Crippen LogP contribution in [0.15, 0.2) is 84.1 Å². The van der Waals surface area contributed by atoms with E-state index in [1.807, 2.05) is 30.4 Å². The first kappa shape index (κ1) is 19.3. The van der Waals surface area contributed by atoms with Crippen molar-refractivity contribution in [1.29, 1.82) is 0 Å². The Morgan fingerprint density at radius 1 is 0.963 bits per heavy atom. The fourth-order valence-electron chi connectivity index (χ4n) is 2.73. The molecule has 0 aliphatic rings. The Morgan fingerprint density at radius 3 is 2.52 bits per heavy atom. The molecule has 0 unspecified atom stereocenters. The van der Waals surface area contributed by atoms with Gasteiger partial charge in [-0.3, -0.25) is 4.90 Å². The smallest absolute Gasteiger partial charge is 0.120 e. The first-order chi connectivity index (χ1) is 13.2. The van der Waals surface area contributed by atoms with Gasteiger partial charge in [0.25, 0.3) is 0 Å². The SMILES string of the molecule is C=CCN(CC=CCOc1ccc2cnncc2c1)Cc1ccc(Br)cc1. The minimum absolute atomic E-state index is 0.532. The third-order valence-electron chi connectivity index (χ3n) is 4.10. The molecule has 0 saturated heterocycles. The predicted octanol–water partition coefficient (Wildman–Crippen LogP) is 5.02. The van der Waals surface area contributed by atoms with Crippen molar-refractivity contribution in [3.8, 4) is 5.75 Å². The van der Waals surface area contributed by atoms with Crippen LogP contribution in [0.5, 0.6) is 5.75 Å². The molecule has 0 radical (unpaired) electrons. The number of rotatable bonds is 9. The minimum atomic E-state index is 0.532. The summed E-state index contributed by atoms with van der Waals surface area (Å²) in [7, 11) is 0. The highest BCUT2D eigenvalue weighted by atomic mass is 79.9. The highest BCUT2D eigenvalue weighted by Gasteiger charge is 2.02. The summed E-state index contributed by atoms with van der Waals surface area (Å²) in [6.07, 6.45) is 9.61. The van der Waals surface area contributed by atoms with Crippen molar-refractivity contribution >= 4 is 26.7 Å². The van der Waals surface area contributed by atoms with Crippen LogP contribution in [0.4, 0.5) is 0 Å². The Kier molecular flexibility index (Phi) is 7.13. The van der Waals surface area contributed by atoms with E-state index in [0.29, 0.717) is 6.61 Å². The van der Waals surface area contributed by atoms with Gasteiger partial charge in [-0.25, -0.2) is 0 Å². The molecule has 0 bridgehead atoms. The lowest BCUT2D eigenvalue weighted by atomic mass is 10.2. The Bertz CT molecular complexity index is 909. The summed E-state index contributed by atoms with van der Waals surface area (Å²) in [5, 5.41) is 9.87. The summed E-state index contributed by atoms with van der Waals surface area (Å²) in [6.45, 7) is 6.96. The lowest BCUT2D eigenvalue weighted by Crippen LogP contribution is -2.23. The van der Waals surface area contributed by atoms with E-state index in [9.17, 15) is 0 Å². The molecule has 0 saturated carbocycles. The van der Waals surface area contributed by atoms with E-state index < -0.39 is 0 Å². The fraction of sp³-hybridized carbons (Fsp3) is 0.182. The van der Waals surface area contributed by atoms with Crippen molar-refractivity contribution in [2.75, 3.05) is 19.7 Å². The fourth-order valence-corrected chi connectivity index (χ4v) is 3.00. The molecular formula is C22H22BrN3O. The standard InChI is InChI=1S/C22H22BrN3O/c1-2-11-26(17-18-5-8-21(23)9-6-18)12-3-4-13-27-22-10-7-19-15-24-25-16-20(19)14-22/h2-10,14-16H,1,11-13,17H2. The molecule has 0 amide bonds. The Morgan fingerprint density at radius 2 is 1.74 bits per heavy atom. The van der Waals surface area contributed by atoms with Crippen molar-refractivity contribution in [1.82, 2.24) is 15.1 Å². The number of halogens is 1. The average molecular weight is 424 g/mol. The molecule has 3 aromatic rings. The molecule has 1 heterocycles. The van der Waals surface area contributed by atoms with Gasteiger partial charge in [-0.1, -0.05) is 46.3 Å². The van der Waals surface area contributed by atoms with Gasteiger partial charge in [0.15, 0.2) is 0 Å². The Hall–Kier alpha value is -2.50. The molecule has 2 aromatic carbocycles. The van der Waals surface area contributed by atoms with Crippen LogP contribution in [-0.4, -0.2) is 34.8 Å². The van der Waals surface area contributed by atoms with Crippen LogP contribution in [-0.2, 0) is 6.54 Å². The number of nitrogens with zero attached hydrogens (tertiary/aromatic N) is 3. The molecular weight excluding hydrogens is 402 g/mol. The van der Waals surface area contributed by atoms with Crippen molar-refractivity contribution in [2.24, 2.45) is 0 Å². The molecule has 0 aliphatic carbocycles. The van der Waals surface area contributed by atoms with Crippen LogP contribution >= 0.6 is 15.9 Å². The molecule has 0 spiro atoms. The normalized spacial score (nSPS) is 11.3. The highest BCUT2D eigenvalue weighted by molar-refractivity contribution is 9.10. The maximum absolute atomic E-state index is 5.81. The second kappa shape index (κ2) is 10.00. The molecule has 4 nitrogen and oxygen atoms in total. The molecule has 3 rings (SSSR count). The summed E-state index contributed by atoms with van der Waals surface area (Å²) >= 11 is 3.47. The summed E-state index contributed by atoms with van der Waals surface area (Å²) in [4.78, 5) is 2.32. The van der Waals surface area contributed by atoms with E-state index in [0.717, 1.165) is 40.6 Å². The summed E-state index contributed by atoms with van der Waals surface area (Å²) < 4.78 is 6.91. The van der Waals surface area contributed by atoms with Crippen LogP contribution in [0.1, 0.15) is 5.56 Å².